The number of nitro benzene ring substituents is 1. The van der Waals surface area contributed by atoms with Gasteiger partial charge in [0.1, 0.15) is 0 Å². The standard InChI is InChI=1S/C12H13NO2/c1-9-4-2-7-12(9)10-5-3-6-11(8-10)13(14)15/h3,5-6,8H,2,4,7H2,1H3. The SMILES string of the molecule is CC1=C(c2cccc([N+](=O)[O-])c2)CCC1. The van der Waals surface area contributed by atoms with Crippen LogP contribution in [0.3, 0.4) is 0 Å². The molecule has 0 radical (unpaired) electrons. The molecule has 0 saturated carbocycles. The maximum absolute atomic E-state index is 10.6. The molecule has 0 saturated heterocycles. The van der Waals surface area contributed by atoms with Gasteiger partial charge < -0.3 is 0 Å². The van der Waals surface area contributed by atoms with Crippen molar-refractivity contribution in [3.8, 4) is 0 Å². The fourth-order valence-corrected chi connectivity index (χ4v) is 2.09. The first-order valence-corrected chi connectivity index (χ1v) is 5.12. The lowest BCUT2D eigenvalue weighted by Gasteiger charge is -2.03. The lowest BCUT2D eigenvalue weighted by Crippen LogP contribution is -1.90. The lowest BCUT2D eigenvalue weighted by atomic mass is 10.0. The topological polar surface area (TPSA) is 43.1 Å². The minimum absolute atomic E-state index is 0.180. The van der Waals surface area contributed by atoms with Gasteiger partial charge in [-0.15, -0.1) is 0 Å². The normalized spacial score (nSPS) is 15.8. The third-order valence-corrected chi connectivity index (χ3v) is 2.90. The zero-order chi connectivity index (χ0) is 10.8. The van der Waals surface area contributed by atoms with Gasteiger partial charge in [0, 0.05) is 12.1 Å². The van der Waals surface area contributed by atoms with E-state index in [0.29, 0.717) is 0 Å². The number of non-ortho nitro benzene ring substituents is 1. The third kappa shape index (κ3) is 1.91. The van der Waals surface area contributed by atoms with E-state index in [1.165, 1.54) is 23.6 Å². The number of hydrogen-bond donors (Lipinski definition) is 0. The van der Waals surface area contributed by atoms with Crippen LogP contribution in [0.4, 0.5) is 5.69 Å². The van der Waals surface area contributed by atoms with Crippen molar-refractivity contribution in [3.63, 3.8) is 0 Å². The molecule has 0 aromatic heterocycles. The third-order valence-electron chi connectivity index (χ3n) is 2.90. The zero-order valence-corrected chi connectivity index (χ0v) is 8.69. The Labute approximate surface area is 88.6 Å². The molecule has 78 valence electrons. The van der Waals surface area contributed by atoms with Gasteiger partial charge in [0.05, 0.1) is 4.92 Å². The minimum Gasteiger partial charge on any atom is -0.258 e. The van der Waals surface area contributed by atoms with E-state index < -0.39 is 0 Å². The first-order valence-electron chi connectivity index (χ1n) is 5.12. The molecule has 0 bridgehead atoms. The highest BCUT2D eigenvalue weighted by molar-refractivity contribution is 5.71. The summed E-state index contributed by atoms with van der Waals surface area (Å²) < 4.78 is 0. The summed E-state index contributed by atoms with van der Waals surface area (Å²) >= 11 is 0. The first-order chi connectivity index (χ1) is 7.18. The molecule has 1 aromatic rings. The molecule has 0 fully saturated rings. The van der Waals surface area contributed by atoms with E-state index in [4.69, 9.17) is 0 Å². The van der Waals surface area contributed by atoms with Gasteiger partial charge >= 0.3 is 0 Å². The molecule has 0 atom stereocenters. The van der Waals surface area contributed by atoms with E-state index in [0.717, 1.165) is 18.4 Å². The maximum Gasteiger partial charge on any atom is 0.270 e. The smallest absolute Gasteiger partial charge is 0.258 e. The predicted octanol–water partition coefficient (Wildman–Crippen LogP) is 3.55. The molecule has 0 heterocycles. The predicted molar refractivity (Wildman–Crippen MR) is 59.5 cm³/mol. The van der Waals surface area contributed by atoms with E-state index in [-0.39, 0.29) is 10.6 Å². The van der Waals surface area contributed by atoms with Gasteiger partial charge in [0.2, 0.25) is 0 Å². The van der Waals surface area contributed by atoms with Crippen molar-refractivity contribution < 1.29 is 4.92 Å². The molecule has 0 unspecified atom stereocenters. The number of nitro groups is 1. The van der Waals surface area contributed by atoms with Crippen molar-refractivity contribution in [2.24, 2.45) is 0 Å². The molecule has 1 aromatic carbocycles. The Kier molecular flexibility index (Phi) is 2.54. The Bertz CT molecular complexity index is 435. The summed E-state index contributed by atoms with van der Waals surface area (Å²) in [6.45, 7) is 2.11. The Morgan fingerprint density at radius 2 is 2.13 bits per heavy atom. The van der Waals surface area contributed by atoms with Crippen LogP contribution in [-0.2, 0) is 0 Å². The number of hydrogen-bond acceptors (Lipinski definition) is 2. The van der Waals surface area contributed by atoms with Crippen LogP contribution >= 0.6 is 0 Å². The van der Waals surface area contributed by atoms with Crippen LogP contribution in [-0.4, -0.2) is 4.92 Å². The summed E-state index contributed by atoms with van der Waals surface area (Å²) in [5.74, 6) is 0. The average Bonchev–Trinajstić information content (AvgIpc) is 2.64. The lowest BCUT2D eigenvalue weighted by molar-refractivity contribution is -0.384. The van der Waals surface area contributed by atoms with Crippen molar-refractivity contribution >= 4 is 11.3 Å². The summed E-state index contributed by atoms with van der Waals surface area (Å²) in [6, 6.07) is 6.92. The Hall–Kier alpha value is -1.64. The van der Waals surface area contributed by atoms with Crippen molar-refractivity contribution in [2.45, 2.75) is 26.2 Å². The van der Waals surface area contributed by atoms with Gasteiger partial charge in [-0.3, -0.25) is 10.1 Å². The van der Waals surface area contributed by atoms with Gasteiger partial charge in [-0.25, -0.2) is 0 Å². The van der Waals surface area contributed by atoms with Gasteiger partial charge in [0.25, 0.3) is 5.69 Å². The minimum atomic E-state index is -0.339. The van der Waals surface area contributed by atoms with Crippen LogP contribution < -0.4 is 0 Å². The van der Waals surface area contributed by atoms with Crippen LogP contribution in [0.25, 0.3) is 5.57 Å². The monoisotopic (exact) mass is 203 g/mol. The Balaban J connectivity index is 2.41. The average molecular weight is 203 g/mol. The maximum atomic E-state index is 10.6. The summed E-state index contributed by atoms with van der Waals surface area (Å²) in [4.78, 5) is 10.3. The molecule has 15 heavy (non-hydrogen) atoms. The van der Waals surface area contributed by atoms with E-state index in [2.05, 4.69) is 6.92 Å². The number of allylic oxidation sites excluding steroid dienone is 2. The van der Waals surface area contributed by atoms with Crippen LogP contribution in [0.2, 0.25) is 0 Å². The van der Waals surface area contributed by atoms with E-state index in [9.17, 15) is 10.1 Å². The molecule has 0 N–H and O–H groups in total. The van der Waals surface area contributed by atoms with E-state index in [1.807, 2.05) is 6.07 Å². The fourth-order valence-electron chi connectivity index (χ4n) is 2.09. The highest BCUT2D eigenvalue weighted by atomic mass is 16.6. The highest BCUT2D eigenvalue weighted by Crippen LogP contribution is 2.34. The van der Waals surface area contributed by atoms with Crippen molar-refractivity contribution in [1.82, 2.24) is 0 Å². The van der Waals surface area contributed by atoms with Crippen molar-refractivity contribution in [3.05, 3.63) is 45.5 Å². The molecule has 1 aliphatic rings. The van der Waals surface area contributed by atoms with Gasteiger partial charge in [-0.1, -0.05) is 17.7 Å². The van der Waals surface area contributed by atoms with Crippen molar-refractivity contribution in [1.29, 1.82) is 0 Å². The molecule has 2 rings (SSSR count). The number of benzene rings is 1. The zero-order valence-electron chi connectivity index (χ0n) is 8.69. The van der Waals surface area contributed by atoms with Crippen LogP contribution in [0.15, 0.2) is 29.8 Å². The summed E-state index contributed by atoms with van der Waals surface area (Å²) in [5.41, 5.74) is 3.85. The second-order valence-corrected chi connectivity index (χ2v) is 3.92. The molecule has 3 heteroatoms. The summed E-state index contributed by atoms with van der Waals surface area (Å²) in [6.07, 6.45) is 3.34. The Morgan fingerprint density at radius 3 is 2.73 bits per heavy atom. The quantitative estimate of drug-likeness (QED) is 0.545. The van der Waals surface area contributed by atoms with E-state index >= 15 is 0 Å². The fraction of sp³-hybridized carbons (Fsp3) is 0.333. The van der Waals surface area contributed by atoms with Gasteiger partial charge in [-0.05, 0) is 37.3 Å². The van der Waals surface area contributed by atoms with E-state index in [1.54, 1.807) is 12.1 Å². The molecule has 0 aliphatic heterocycles. The molecular formula is C12H13NO2. The molecule has 3 nitrogen and oxygen atoms in total. The molecule has 0 amide bonds. The van der Waals surface area contributed by atoms with Crippen molar-refractivity contribution in [2.75, 3.05) is 0 Å². The first kappa shape index (κ1) is 9.90. The summed E-state index contributed by atoms with van der Waals surface area (Å²) in [5, 5.41) is 10.6. The van der Waals surface area contributed by atoms with Crippen LogP contribution in [0, 0.1) is 10.1 Å². The van der Waals surface area contributed by atoms with Gasteiger partial charge in [0.15, 0.2) is 0 Å². The van der Waals surface area contributed by atoms with Gasteiger partial charge in [-0.2, -0.15) is 0 Å². The number of rotatable bonds is 2. The summed E-state index contributed by atoms with van der Waals surface area (Å²) in [7, 11) is 0. The molecule has 0 spiro atoms. The van der Waals surface area contributed by atoms with Crippen LogP contribution in [0.1, 0.15) is 31.7 Å². The highest BCUT2D eigenvalue weighted by Gasteiger charge is 2.14. The van der Waals surface area contributed by atoms with Crippen LogP contribution in [0.5, 0.6) is 0 Å². The largest absolute Gasteiger partial charge is 0.270 e. The number of nitrogens with zero attached hydrogens (tertiary/aromatic N) is 1. The Morgan fingerprint density at radius 1 is 1.33 bits per heavy atom. The second-order valence-electron chi connectivity index (χ2n) is 3.92. The molecule has 1 aliphatic carbocycles. The molecular weight excluding hydrogens is 190 g/mol. The second kappa shape index (κ2) is 3.85.